The first-order chi connectivity index (χ1) is 8.31. The van der Waals surface area contributed by atoms with Gasteiger partial charge in [-0.1, -0.05) is 17.7 Å². The van der Waals surface area contributed by atoms with Crippen LogP contribution in [0, 0.1) is 0 Å². The predicted molar refractivity (Wildman–Crippen MR) is 67.3 cm³/mol. The second kappa shape index (κ2) is 6.09. The van der Waals surface area contributed by atoms with Crippen LogP contribution in [0.15, 0.2) is 11.6 Å². The molecule has 18 heavy (non-hydrogen) atoms. The van der Waals surface area contributed by atoms with E-state index in [2.05, 4.69) is 10.1 Å². The van der Waals surface area contributed by atoms with Crippen molar-refractivity contribution in [2.45, 2.75) is 45.3 Å². The van der Waals surface area contributed by atoms with Crippen molar-refractivity contribution < 1.29 is 19.1 Å². The van der Waals surface area contributed by atoms with Gasteiger partial charge in [0, 0.05) is 11.6 Å². The van der Waals surface area contributed by atoms with E-state index in [-0.39, 0.29) is 12.1 Å². The Hall–Kier alpha value is -1.23. The van der Waals surface area contributed by atoms with Crippen LogP contribution in [0.5, 0.6) is 0 Å². The largest absolute Gasteiger partial charge is 0.446 e. The van der Waals surface area contributed by atoms with Crippen molar-refractivity contribution >= 4 is 23.7 Å². The van der Waals surface area contributed by atoms with E-state index >= 15 is 0 Å². The molecule has 1 N–H and O–H groups in total. The molecule has 0 aromatic rings. The quantitative estimate of drug-likeness (QED) is 0.634. The van der Waals surface area contributed by atoms with E-state index in [4.69, 9.17) is 16.3 Å². The summed E-state index contributed by atoms with van der Waals surface area (Å²) in [5, 5.41) is 2.71. The number of carbonyl (C=O) groups is 2. The van der Waals surface area contributed by atoms with E-state index in [0.717, 1.165) is 0 Å². The van der Waals surface area contributed by atoms with Crippen LogP contribution in [-0.2, 0) is 14.3 Å². The molecule has 1 amide bonds. The summed E-state index contributed by atoms with van der Waals surface area (Å²) < 4.78 is 9.81. The number of amides is 1. The molecule has 1 rings (SSSR count). The average molecular weight is 276 g/mol. The first kappa shape index (κ1) is 14.8. The molecule has 0 saturated heterocycles. The minimum absolute atomic E-state index is 0.127. The van der Waals surface area contributed by atoms with Crippen molar-refractivity contribution in [3.8, 4) is 0 Å². The second-order valence-corrected chi connectivity index (χ2v) is 5.27. The third kappa shape index (κ3) is 4.96. The van der Waals surface area contributed by atoms with Crippen LogP contribution in [-0.4, -0.2) is 29.8 Å². The van der Waals surface area contributed by atoms with Gasteiger partial charge in [0.1, 0.15) is 5.60 Å². The summed E-state index contributed by atoms with van der Waals surface area (Å²) in [5.74, 6) is -0.432. The third-order valence-electron chi connectivity index (χ3n) is 2.28. The van der Waals surface area contributed by atoms with E-state index in [0.29, 0.717) is 18.4 Å². The lowest BCUT2D eigenvalue weighted by molar-refractivity contribution is -0.137. The van der Waals surface area contributed by atoms with Gasteiger partial charge in [0.2, 0.25) is 0 Å². The summed E-state index contributed by atoms with van der Waals surface area (Å²) in [7, 11) is 0. The highest BCUT2D eigenvalue weighted by atomic mass is 35.5. The zero-order valence-corrected chi connectivity index (χ0v) is 11.5. The minimum Gasteiger partial charge on any atom is -0.446 e. The Morgan fingerprint density at radius 2 is 2.17 bits per heavy atom. The zero-order valence-electron chi connectivity index (χ0n) is 10.8. The average Bonchev–Trinajstić information content (AvgIpc) is 2.63. The predicted octanol–water partition coefficient (Wildman–Crippen LogP) is 2.34. The molecule has 0 bridgehead atoms. The zero-order chi connectivity index (χ0) is 13.8. The fourth-order valence-electron chi connectivity index (χ4n) is 1.61. The number of halogens is 1. The molecular formula is C12H18ClNO4. The lowest BCUT2D eigenvalue weighted by atomic mass is 10.2. The molecule has 0 aromatic carbocycles. The van der Waals surface area contributed by atoms with Crippen LogP contribution < -0.4 is 5.32 Å². The van der Waals surface area contributed by atoms with Crippen LogP contribution in [0.3, 0.4) is 0 Å². The third-order valence-corrected chi connectivity index (χ3v) is 2.39. The number of hydrogen-bond donors (Lipinski definition) is 1. The van der Waals surface area contributed by atoms with Gasteiger partial charge in [0.25, 0.3) is 0 Å². The molecule has 6 heteroatoms. The fourth-order valence-corrected chi connectivity index (χ4v) is 1.71. The van der Waals surface area contributed by atoms with E-state index in [9.17, 15) is 9.59 Å². The molecule has 0 spiro atoms. The van der Waals surface area contributed by atoms with E-state index in [1.54, 1.807) is 26.8 Å². The normalized spacial score (nSPS) is 19.1. The molecule has 0 aromatic heterocycles. The number of carbonyl (C=O) groups excluding carboxylic acids is 2. The topological polar surface area (TPSA) is 64.6 Å². The summed E-state index contributed by atoms with van der Waals surface area (Å²) in [6.07, 6.45) is 2.30. The van der Waals surface area contributed by atoms with Gasteiger partial charge >= 0.3 is 12.1 Å². The number of esters is 1. The molecule has 0 aliphatic heterocycles. The Bertz CT molecular complexity index is 360. The Labute approximate surface area is 111 Å². The maximum atomic E-state index is 11.5. The molecule has 5 nitrogen and oxygen atoms in total. The molecule has 1 aliphatic carbocycles. The van der Waals surface area contributed by atoms with Crippen molar-refractivity contribution in [2.75, 3.05) is 6.07 Å². The van der Waals surface area contributed by atoms with Crippen molar-refractivity contribution in [3.05, 3.63) is 11.6 Å². The molecule has 0 radical (unpaired) electrons. The molecule has 0 saturated carbocycles. The number of nitrogens with one attached hydrogen (secondary N) is 1. The smallest absolute Gasteiger partial charge is 0.407 e. The van der Waals surface area contributed by atoms with Gasteiger partial charge in [-0.3, -0.25) is 0 Å². The van der Waals surface area contributed by atoms with Gasteiger partial charge in [-0.25, -0.2) is 9.59 Å². The van der Waals surface area contributed by atoms with Crippen molar-refractivity contribution in [1.82, 2.24) is 5.32 Å². The van der Waals surface area contributed by atoms with Crippen LogP contribution in [0.25, 0.3) is 0 Å². The lowest BCUT2D eigenvalue weighted by Gasteiger charge is -2.21. The summed E-state index contributed by atoms with van der Waals surface area (Å²) in [5.41, 5.74) is 0.00737. The van der Waals surface area contributed by atoms with Gasteiger partial charge < -0.3 is 14.8 Å². The first-order valence-corrected chi connectivity index (χ1v) is 6.27. The van der Waals surface area contributed by atoms with Crippen LogP contribution >= 0.6 is 11.6 Å². The van der Waals surface area contributed by atoms with Gasteiger partial charge in [-0.15, -0.1) is 0 Å². The summed E-state index contributed by atoms with van der Waals surface area (Å²) in [6.45, 7) is 5.38. The molecule has 1 atom stereocenters. The Kier molecular flexibility index (Phi) is 5.02. The van der Waals surface area contributed by atoms with Gasteiger partial charge in [0.05, 0.1) is 0 Å². The molecule has 102 valence electrons. The summed E-state index contributed by atoms with van der Waals surface area (Å²) >= 11 is 5.31. The lowest BCUT2D eigenvalue weighted by Crippen LogP contribution is -2.38. The van der Waals surface area contributed by atoms with Crippen LogP contribution in [0.2, 0.25) is 0 Å². The SMILES string of the molecule is CC(C)(C)OC(=O)NC1CC=C(C(=O)OCCl)C1. The van der Waals surface area contributed by atoms with E-state index < -0.39 is 17.7 Å². The second-order valence-electron chi connectivity index (χ2n) is 5.05. The number of hydrogen-bond acceptors (Lipinski definition) is 4. The van der Waals surface area contributed by atoms with Crippen molar-refractivity contribution in [3.63, 3.8) is 0 Å². The summed E-state index contributed by atoms with van der Waals surface area (Å²) in [6, 6.07) is -0.293. The maximum Gasteiger partial charge on any atom is 0.407 e. The highest BCUT2D eigenvalue weighted by Gasteiger charge is 2.26. The minimum atomic E-state index is -0.531. The van der Waals surface area contributed by atoms with Gasteiger partial charge in [-0.2, -0.15) is 0 Å². The Morgan fingerprint density at radius 3 is 2.72 bits per heavy atom. The standard InChI is InChI=1S/C12H18ClNO4/c1-12(2,3)18-11(16)14-9-5-4-8(6-9)10(15)17-7-13/h4,9H,5-7H2,1-3H3,(H,14,16). The number of ether oxygens (including phenoxy) is 2. The Morgan fingerprint density at radius 1 is 1.50 bits per heavy atom. The fraction of sp³-hybridized carbons (Fsp3) is 0.667. The van der Waals surface area contributed by atoms with Crippen LogP contribution in [0.4, 0.5) is 4.79 Å². The van der Waals surface area contributed by atoms with Crippen molar-refractivity contribution in [2.24, 2.45) is 0 Å². The first-order valence-electron chi connectivity index (χ1n) is 5.73. The monoisotopic (exact) mass is 275 g/mol. The molecule has 1 unspecified atom stereocenters. The van der Waals surface area contributed by atoms with Gasteiger partial charge in [0.15, 0.2) is 6.07 Å². The molecule has 1 aliphatic rings. The molecule has 0 fully saturated rings. The number of alkyl halides is 1. The van der Waals surface area contributed by atoms with Crippen molar-refractivity contribution in [1.29, 1.82) is 0 Å². The van der Waals surface area contributed by atoms with E-state index in [1.807, 2.05) is 0 Å². The van der Waals surface area contributed by atoms with Gasteiger partial charge in [-0.05, 0) is 33.6 Å². The highest BCUT2D eigenvalue weighted by Crippen LogP contribution is 2.20. The molecular weight excluding hydrogens is 258 g/mol. The van der Waals surface area contributed by atoms with Crippen LogP contribution in [0.1, 0.15) is 33.6 Å². The number of alkyl carbamates (subject to hydrolysis) is 1. The van der Waals surface area contributed by atoms with E-state index in [1.165, 1.54) is 0 Å². The highest BCUT2D eigenvalue weighted by molar-refractivity contribution is 6.17. The maximum absolute atomic E-state index is 11.5. The summed E-state index contributed by atoms with van der Waals surface area (Å²) in [4.78, 5) is 22.9. The Balaban J connectivity index is 2.37. The number of rotatable bonds is 3. The molecule has 0 heterocycles.